The molecule has 23 heavy (non-hydrogen) atoms. The fourth-order valence-electron chi connectivity index (χ4n) is 3.36. The van der Waals surface area contributed by atoms with Gasteiger partial charge in [0.2, 0.25) is 0 Å². The zero-order valence-corrected chi connectivity index (χ0v) is 13.3. The van der Waals surface area contributed by atoms with Crippen LogP contribution in [0.15, 0.2) is 84.9 Å². The smallest absolute Gasteiger partial charge is 0.149 e. The first-order valence-corrected chi connectivity index (χ1v) is 8.22. The summed E-state index contributed by atoms with van der Waals surface area (Å²) in [5.74, 6) is 0. The van der Waals surface area contributed by atoms with Gasteiger partial charge in [-0.05, 0) is 28.7 Å². The summed E-state index contributed by atoms with van der Waals surface area (Å²) in [5.41, 5.74) is 4.69. The summed E-state index contributed by atoms with van der Waals surface area (Å²) in [6.07, 6.45) is 1.15. The molecule has 1 saturated heterocycles. The van der Waals surface area contributed by atoms with E-state index in [4.69, 9.17) is 4.74 Å². The Labute approximate surface area is 137 Å². The van der Waals surface area contributed by atoms with Crippen LogP contribution in [0.4, 0.5) is 0 Å². The van der Waals surface area contributed by atoms with E-state index in [0.29, 0.717) is 0 Å². The van der Waals surface area contributed by atoms with E-state index in [1.54, 1.807) is 0 Å². The van der Waals surface area contributed by atoms with Gasteiger partial charge in [-0.1, -0.05) is 91.9 Å². The van der Waals surface area contributed by atoms with Crippen LogP contribution in [0.1, 0.15) is 35.3 Å². The zero-order valence-electron chi connectivity index (χ0n) is 13.3. The van der Waals surface area contributed by atoms with Gasteiger partial charge in [-0.3, -0.25) is 0 Å². The highest BCUT2D eigenvalue weighted by Gasteiger charge is 2.59. The lowest BCUT2D eigenvalue weighted by molar-refractivity contribution is 0.329. The predicted molar refractivity (Wildman–Crippen MR) is 93.3 cm³/mol. The molecule has 114 valence electrons. The van der Waals surface area contributed by atoms with Crippen molar-refractivity contribution in [3.8, 4) is 0 Å². The molecular weight excluding hydrogens is 280 g/mol. The molecule has 0 aliphatic carbocycles. The van der Waals surface area contributed by atoms with Crippen LogP contribution < -0.4 is 0 Å². The van der Waals surface area contributed by atoms with Gasteiger partial charge >= 0.3 is 0 Å². The second-order valence-corrected chi connectivity index (χ2v) is 6.06. The molecule has 0 spiro atoms. The molecule has 1 fully saturated rings. The number of ether oxygens (including phenoxy) is 1. The second kappa shape index (κ2) is 5.68. The van der Waals surface area contributed by atoms with Crippen LogP contribution in [-0.4, -0.2) is 0 Å². The molecule has 1 unspecified atom stereocenters. The molecule has 0 bridgehead atoms. The lowest BCUT2D eigenvalue weighted by Gasteiger charge is -2.14. The standard InChI is InChI=1S/C22H20O/c1-2-17-13-15-18(16-14-17)21-22(23-21,19-9-5-3-6-10-19)20-11-7-4-8-12-20/h3-16,21H,2H2,1H3. The van der Waals surface area contributed by atoms with E-state index in [1.165, 1.54) is 22.3 Å². The van der Waals surface area contributed by atoms with E-state index >= 15 is 0 Å². The third kappa shape index (κ3) is 2.38. The molecule has 3 aromatic carbocycles. The summed E-state index contributed by atoms with van der Waals surface area (Å²) >= 11 is 0. The van der Waals surface area contributed by atoms with Crippen LogP contribution in [0.5, 0.6) is 0 Å². The molecule has 0 N–H and O–H groups in total. The van der Waals surface area contributed by atoms with Crippen LogP contribution in [0.3, 0.4) is 0 Å². The van der Waals surface area contributed by atoms with Gasteiger partial charge in [-0.25, -0.2) is 0 Å². The van der Waals surface area contributed by atoms with Gasteiger partial charge in [0, 0.05) is 0 Å². The summed E-state index contributed by atoms with van der Waals surface area (Å²) in [6, 6.07) is 29.9. The Kier molecular flexibility index (Phi) is 3.51. The number of aryl methyl sites for hydroxylation is 1. The van der Waals surface area contributed by atoms with Crippen molar-refractivity contribution >= 4 is 0 Å². The van der Waals surface area contributed by atoms with Gasteiger partial charge < -0.3 is 4.74 Å². The molecule has 1 aliphatic heterocycles. The van der Waals surface area contributed by atoms with Crippen molar-refractivity contribution in [2.75, 3.05) is 0 Å². The molecule has 1 heteroatoms. The van der Waals surface area contributed by atoms with Gasteiger partial charge in [0.25, 0.3) is 0 Å². The minimum absolute atomic E-state index is 0.0817. The van der Waals surface area contributed by atoms with Crippen molar-refractivity contribution in [2.45, 2.75) is 25.0 Å². The highest BCUT2D eigenvalue weighted by atomic mass is 16.6. The molecule has 4 rings (SSSR count). The molecule has 0 aromatic heterocycles. The number of benzene rings is 3. The van der Waals surface area contributed by atoms with Gasteiger partial charge in [0.05, 0.1) is 0 Å². The number of epoxide rings is 1. The summed E-state index contributed by atoms with van der Waals surface area (Å²) in [5, 5.41) is 0. The summed E-state index contributed by atoms with van der Waals surface area (Å²) in [6.45, 7) is 2.18. The van der Waals surface area contributed by atoms with E-state index in [-0.39, 0.29) is 11.7 Å². The van der Waals surface area contributed by atoms with E-state index in [9.17, 15) is 0 Å². The Morgan fingerprint density at radius 2 is 1.26 bits per heavy atom. The SMILES string of the molecule is CCc1ccc(C2OC2(c2ccccc2)c2ccccc2)cc1. The molecule has 0 amide bonds. The predicted octanol–water partition coefficient (Wildman–Crippen LogP) is 5.26. The van der Waals surface area contributed by atoms with Crippen LogP contribution in [0, 0.1) is 0 Å². The minimum atomic E-state index is -0.351. The molecule has 3 aromatic rings. The van der Waals surface area contributed by atoms with Gasteiger partial charge in [-0.15, -0.1) is 0 Å². The molecule has 1 heterocycles. The van der Waals surface area contributed by atoms with Crippen molar-refractivity contribution in [1.29, 1.82) is 0 Å². The van der Waals surface area contributed by atoms with Crippen molar-refractivity contribution < 1.29 is 4.74 Å². The average Bonchev–Trinajstić information content (AvgIpc) is 3.40. The van der Waals surface area contributed by atoms with Gasteiger partial charge in [-0.2, -0.15) is 0 Å². The Hall–Kier alpha value is -2.38. The highest BCUT2D eigenvalue weighted by Crippen LogP contribution is 2.60. The van der Waals surface area contributed by atoms with E-state index in [2.05, 4.69) is 91.9 Å². The van der Waals surface area contributed by atoms with Crippen LogP contribution in [-0.2, 0) is 16.8 Å². The molecule has 0 radical (unpaired) electrons. The van der Waals surface area contributed by atoms with Crippen molar-refractivity contribution in [2.24, 2.45) is 0 Å². The van der Waals surface area contributed by atoms with E-state index in [0.717, 1.165) is 6.42 Å². The zero-order chi connectivity index (χ0) is 15.7. The lowest BCUT2D eigenvalue weighted by atomic mass is 9.85. The number of rotatable bonds is 4. The quantitative estimate of drug-likeness (QED) is 0.598. The van der Waals surface area contributed by atoms with Crippen molar-refractivity contribution in [3.05, 3.63) is 107 Å². The highest BCUT2D eigenvalue weighted by molar-refractivity contribution is 5.46. The van der Waals surface area contributed by atoms with E-state index in [1.807, 2.05) is 0 Å². The van der Waals surface area contributed by atoms with E-state index < -0.39 is 0 Å². The topological polar surface area (TPSA) is 12.5 Å². The van der Waals surface area contributed by atoms with Gasteiger partial charge in [0.15, 0.2) is 0 Å². The van der Waals surface area contributed by atoms with Crippen LogP contribution in [0.25, 0.3) is 0 Å². The minimum Gasteiger partial charge on any atom is -0.351 e. The van der Waals surface area contributed by atoms with Crippen molar-refractivity contribution in [3.63, 3.8) is 0 Å². The first-order valence-electron chi connectivity index (χ1n) is 8.22. The average molecular weight is 300 g/mol. The Balaban J connectivity index is 1.77. The largest absolute Gasteiger partial charge is 0.351 e. The third-order valence-electron chi connectivity index (χ3n) is 4.71. The second-order valence-electron chi connectivity index (χ2n) is 6.06. The van der Waals surface area contributed by atoms with Crippen molar-refractivity contribution in [1.82, 2.24) is 0 Å². The van der Waals surface area contributed by atoms with Crippen LogP contribution >= 0.6 is 0 Å². The Morgan fingerprint density at radius 3 is 1.74 bits per heavy atom. The maximum atomic E-state index is 6.34. The maximum absolute atomic E-state index is 6.34. The Bertz CT molecular complexity index is 736. The van der Waals surface area contributed by atoms with Gasteiger partial charge in [0.1, 0.15) is 11.7 Å². The fraction of sp³-hybridized carbons (Fsp3) is 0.182. The fourth-order valence-corrected chi connectivity index (χ4v) is 3.36. The third-order valence-corrected chi connectivity index (χ3v) is 4.71. The first kappa shape index (κ1) is 14.2. The molecule has 1 aliphatic rings. The Morgan fingerprint density at radius 1 is 0.739 bits per heavy atom. The summed E-state index contributed by atoms with van der Waals surface area (Å²) in [4.78, 5) is 0. The maximum Gasteiger partial charge on any atom is 0.149 e. The molecule has 0 saturated carbocycles. The number of hydrogen-bond donors (Lipinski definition) is 0. The molecular formula is C22H20O. The lowest BCUT2D eigenvalue weighted by Crippen LogP contribution is -2.12. The van der Waals surface area contributed by atoms with Crippen LogP contribution in [0.2, 0.25) is 0 Å². The molecule has 1 atom stereocenters. The summed E-state index contributed by atoms with van der Waals surface area (Å²) < 4.78 is 6.34. The monoisotopic (exact) mass is 300 g/mol. The first-order chi connectivity index (χ1) is 11.3. The summed E-state index contributed by atoms with van der Waals surface area (Å²) in [7, 11) is 0. The normalized spacial score (nSPS) is 18.6. The molecule has 1 nitrogen and oxygen atoms in total. The number of hydrogen-bond acceptors (Lipinski definition) is 1.